The predicted octanol–water partition coefficient (Wildman–Crippen LogP) is 3.61. The van der Waals surface area contributed by atoms with Crippen LogP contribution >= 0.6 is 11.3 Å². The van der Waals surface area contributed by atoms with Crippen LogP contribution in [0.1, 0.15) is 22.5 Å². The van der Waals surface area contributed by atoms with Gasteiger partial charge in [0.1, 0.15) is 12.4 Å². The molecule has 4 aromatic rings. The van der Waals surface area contributed by atoms with Crippen molar-refractivity contribution in [3.63, 3.8) is 0 Å². The third-order valence-corrected chi connectivity index (χ3v) is 5.63. The van der Waals surface area contributed by atoms with Gasteiger partial charge in [-0.1, -0.05) is 65.4 Å². The minimum absolute atomic E-state index is 0.160. The molecule has 2 aromatic heterocycles. The molecule has 5 nitrogen and oxygen atoms in total. The van der Waals surface area contributed by atoms with Crippen molar-refractivity contribution in [3.8, 4) is 5.75 Å². The van der Waals surface area contributed by atoms with Crippen LogP contribution in [0.3, 0.4) is 0 Å². The van der Waals surface area contributed by atoms with Gasteiger partial charge in [0.05, 0.1) is 4.53 Å². The Morgan fingerprint density at radius 3 is 2.76 bits per heavy atom. The Balaban J connectivity index is 1.45. The monoisotopic (exact) mass is 399 g/mol. The van der Waals surface area contributed by atoms with Gasteiger partial charge in [-0.3, -0.25) is 4.79 Å². The molecule has 3 heterocycles. The van der Waals surface area contributed by atoms with Gasteiger partial charge in [0.15, 0.2) is 5.82 Å². The maximum atomic E-state index is 12.7. The molecule has 0 saturated carbocycles. The third-order valence-electron chi connectivity index (χ3n) is 4.67. The van der Waals surface area contributed by atoms with E-state index in [1.54, 1.807) is 0 Å². The summed E-state index contributed by atoms with van der Waals surface area (Å²) in [5.74, 6) is 1.38. The second kappa shape index (κ2) is 7.14. The number of nitrogens with zero attached hydrogens (tertiary/aromatic N) is 3. The highest BCUT2D eigenvalue weighted by molar-refractivity contribution is 7.15. The zero-order valence-corrected chi connectivity index (χ0v) is 16.5. The summed E-state index contributed by atoms with van der Waals surface area (Å²) < 4.78 is 7.72. The molecule has 0 saturated heterocycles. The minimum atomic E-state index is -0.160. The summed E-state index contributed by atoms with van der Waals surface area (Å²) in [7, 11) is 0. The fraction of sp³-hybridized carbons (Fsp3) is 0.0870. The maximum absolute atomic E-state index is 12.7. The van der Waals surface area contributed by atoms with Crippen molar-refractivity contribution in [2.24, 2.45) is 0 Å². The first kappa shape index (κ1) is 17.6. The van der Waals surface area contributed by atoms with E-state index in [1.165, 1.54) is 21.4 Å². The molecule has 0 bridgehead atoms. The molecule has 142 valence electrons. The lowest BCUT2D eigenvalue weighted by Gasteiger charge is -2.15. The first-order valence-electron chi connectivity index (χ1n) is 9.24. The molecule has 0 fully saturated rings. The standard InChI is InChI=1S/C23H17N3O2S/c1-15-6-8-16(9-7-15)10-11-21-24-23-26(25-21)22(27)20(29-23)13-17-12-18-4-2-3-5-19(18)28-14-17/h2-13H,14H2,1H3/b11-10+,20-13+. The molecule has 0 atom stereocenters. The van der Waals surface area contributed by atoms with Crippen molar-refractivity contribution in [1.29, 1.82) is 0 Å². The number of rotatable bonds is 3. The summed E-state index contributed by atoms with van der Waals surface area (Å²) in [5, 5.41) is 4.34. The third kappa shape index (κ3) is 3.50. The van der Waals surface area contributed by atoms with Crippen LogP contribution in [0.15, 0.2) is 58.9 Å². The zero-order chi connectivity index (χ0) is 19.8. The van der Waals surface area contributed by atoms with Gasteiger partial charge in [0, 0.05) is 5.56 Å². The van der Waals surface area contributed by atoms with Crippen LogP contribution < -0.4 is 14.8 Å². The topological polar surface area (TPSA) is 56.5 Å². The van der Waals surface area contributed by atoms with Crippen molar-refractivity contribution in [1.82, 2.24) is 14.6 Å². The number of ether oxygens (including phenoxy) is 1. The van der Waals surface area contributed by atoms with Crippen LogP contribution in [0.5, 0.6) is 5.75 Å². The van der Waals surface area contributed by atoms with Crippen LogP contribution in [0.4, 0.5) is 0 Å². The van der Waals surface area contributed by atoms with Crippen molar-refractivity contribution in [3.05, 3.63) is 91.5 Å². The van der Waals surface area contributed by atoms with E-state index in [1.807, 2.05) is 60.7 Å². The zero-order valence-electron chi connectivity index (χ0n) is 15.7. The average molecular weight is 399 g/mol. The van der Waals surface area contributed by atoms with Crippen molar-refractivity contribution >= 4 is 40.6 Å². The normalized spacial score (nSPS) is 14.2. The molecule has 0 spiro atoms. The first-order chi connectivity index (χ1) is 14.2. The number of fused-ring (bicyclic) bond motifs is 2. The van der Waals surface area contributed by atoms with E-state index in [2.05, 4.69) is 29.1 Å². The predicted molar refractivity (Wildman–Crippen MR) is 117 cm³/mol. The molecule has 0 radical (unpaired) electrons. The summed E-state index contributed by atoms with van der Waals surface area (Å²) >= 11 is 1.33. The van der Waals surface area contributed by atoms with E-state index < -0.39 is 0 Å². The van der Waals surface area contributed by atoms with Crippen LogP contribution in [0.25, 0.3) is 29.3 Å². The molecule has 0 amide bonds. The lowest BCUT2D eigenvalue weighted by Crippen LogP contribution is -2.24. The Kier molecular flexibility index (Phi) is 4.33. The minimum Gasteiger partial charge on any atom is -0.488 e. The highest BCUT2D eigenvalue weighted by Crippen LogP contribution is 2.26. The highest BCUT2D eigenvalue weighted by atomic mass is 32.1. The maximum Gasteiger partial charge on any atom is 0.291 e. The number of thiazole rings is 1. The van der Waals surface area contributed by atoms with Crippen LogP contribution in [0, 0.1) is 6.92 Å². The fourth-order valence-corrected chi connectivity index (χ4v) is 4.08. The Morgan fingerprint density at radius 1 is 1.10 bits per heavy atom. The average Bonchev–Trinajstić information content (AvgIpc) is 3.26. The van der Waals surface area contributed by atoms with Gasteiger partial charge in [0.2, 0.25) is 4.96 Å². The second-order valence-corrected chi connectivity index (χ2v) is 7.88. The molecule has 2 aromatic carbocycles. The van der Waals surface area contributed by atoms with Crippen molar-refractivity contribution in [2.75, 3.05) is 6.61 Å². The Bertz CT molecular complexity index is 1380. The lowest BCUT2D eigenvalue weighted by atomic mass is 10.1. The SMILES string of the molecule is Cc1ccc(/C=C/c2nc3s/c(=C/C4=Cc5ccccc5OC4)c(=O)n3n2)cc1. The summed E-state index contributed by atoms with van der Waals surface area (Å²) in [4.78, 5) is 17.8. The van der Waals surface area contributed by atoms with E-state index in [9.17, 15) is 4.79 Å². The molecule has 1 aliphatic rings. The van der Waals surface area contributed by atoms with E-state index in [4.69, 9.17) is 4.74 Å². The van der Waals surface area contributed by atoms with Gasteiger partial charge in [-0.25, -0.2) is 0 Å². The van der Waals surface area contributed by atoms with E-state index in [-0.39, 0.29) is 5.56 Å². The molecule has 1 aliphatic heterocycles. The van der Waals surface area contributed by atoms with Gasteiger partial charge >= 0.3 is 0 Å². The van der Waals surface area contributed by atoms with E-state index in [0.717, 1.165) is 22.4 Å². The van der Waals surface area contributed by atoms with Gasteiger partial charge in [-0.15, -0.1) is 5.10 Å². The highest BCUT2D eigenvalue weighted by Gasteiger charge is 2.12. The van der Waals surface area contributed by atoms with Gasteiger partial charge in [-0.2, -0.15) is 9.50 Å². The molecule has 0 aliphatic carbocycles. The quantitative estimate of drug-likeness (QED) is 0.528. The summed E-state index contributed by atoms with van der Waals surface area (Å²) in [5.41, 5.74) is 4.08. The summed E-state index contributed by atoms with van der Waals surface area (Å²) in [6.45, 7) is 2.49. The number of para-hydroxylation sites is 1. The molecule has 5 rings (SSSR count). The van der Waals surface area contributed by atoms with Crippen molar-refractivity contribution < 1.29 is 4.74 Å². The molecule has 29 heavy (non-hydrogen) atoms. The smallest absolute Gasteiger partial charge is 0.291 e. The molecule has 0 unspecified atom stereocenters. The number of hydrogen-bond acceptors (Lipinski definition) is 5. The van der Waals surface area contributed by atoms with Gasteiger partial charge in [-0.05, 0) is 42.4 Å². The van der Waals surface area contributed by atoms with E-state index >= 15 is 0 Å². The Hall–Kier alpha value is -3.51. The fourth-order valence-electron chi connectivity index (χ4n) is 3.15. The van der Waals surface area contributed by atoms with Crippen LogP contribution in [-0.2, 0) is 0 Å². The van der Waals surface area contributed by atoms with Gasteiger partial charge < -0.3 is 4.74 Å². The first-order valence-corrected chi connectivity index (χ1v) is 10.1. The van der Waals surface area contributed by atoms with Crippen LogP contribution in [0.2, 0.25) is 0 Å². The molecular formula is C23H17N3O2S. The second-order valence-electron chi connectivity index (χ2n) is 6.87. The lowest BCUT2D eigenvalue weighted by molar-refractivity contribution is 0.352. The van der Waals surface area contributed by atoms with E-state index in [0.29, 0.717) is 21.9 Å². The number of aryl methyl sites for hydroxylation is 1. The molecule has 6 heteroatoms. The summed E-state index contributed by atoms with van der Waals surface area (Å²) in [6, 6.07) is 16.0. The molecular weight excluding hydrogens is 382 g/mol. The summed E-state index contributed by atoms with van der Waals surface area (Å²) in [6.07, 6.45) is 7.67. The number of hydrogen-bond donors (Lipinski definition) is 0. The molecule has 0 N–H and O–H groups in total. The van der Waals surface area contributed by atoms with Crippen molar-refractivity contribution in [2.45, 2.75) is 6.92 Å². The Morgan fingerprint density at radius 2 is 1.93 bits per heavy atom. The Labute approximate surface area is 170 Å². The van der Waals surface area contributed by atoms with Gasteiger partial charge in [0.25, 0.3) is 5.56 Å². The largest absolute Gasteiger partial charge is 0.488 e. The van der Waals surface area contributed by atoms with Crippen LogP contribution in [-0.4, -0.2) is 21.2 Å². The number of benzene rings is 2. The number of aromatic nitrogens is 3.